The Morgan fingerprint density at radius 1 is 1.29 bits per heavy atom. The van der Waals surface area contributed by atoms with Gasteiger partial charge in [-0.05, 0) is 30.2 Å². The van der Waals surface area contributed by atoms with Gasteiger partial charge in [-0.2, -0.15) is 0 Å². The molecular weight excluding hydrogens is 210 g/mol. The monoisotopic (exact) mass is 233 g/mol. The molecule has 1 unspecified atom stereocenters. The summed E-state index contributed by atoms with van der Waals surface area (Å²) in [6.07, 6.45) is 2.75. The molecule has 2 rings (SSSR count). The molecule has 0 spiro atoms. The Labute approximate surface area is 104 Å². The van der Waals surface area contributed by atoms with E-state index in [1.165, 1.54) is 18.4 Å². The second kappa shape index (κ2) is 6.77. The Balaban J connectivity index is 1.52. The Morgan fingerprint density at radius 2 is 2.06 bits per heavy atom. The van der Waals surface area contributed by atoms with Crippen LogP contribution in [0.2, 0.25) is 0 Å². The first-order chi connectivity index (χ1) is 8.36. The predicted octanol–water partition coefficient (Wildman–Crippen LogP) is 2.81. The van der Waals surface area contributed by atoms with Crippen LogP contribution in [0.15, 0.2) is 30.3 Å². The highest BCUT2D eigenvalue weighted by molar-refractivity contribution is 5.18. The molecule has 2 heteroatoms. The highest BCUT2D eigenvalue weighted by atomic mass is 16.5. The van der Waals surface area contributed by atoms with Crippen LogP contribution < -0.4 is 5.32 Å². The normalized spacial score (nSPS) is 17.0. The maximum Gasteiger partial charge on any atom is 0.0591 e. The second-order valence-corrected chi connectivity index (χ2v) is 5.03. The molecule has 94 valence electrons. The third-order valence-electron chi connectivity index (χ3n) is 3.29. The fourth-order valence-electron chi connectivity index (χ4n) is 1.90. The predicted molar refractivity (Wildman–Crippen MR) is 71.3 cm³/mol. The van der Waals surface area contributed by atoms with Gasteiger partial charge in [0, 0.05) is 19.7 Å². The van der Waals surface area contributed by atoms with Crippen molar-refractivity contribution in [1.82, 2.24) is 5.32 Å². The standard InChI is InChI=1S/C15H23NO/c1-13(15-5-3-2-4-6-15)11-16-9-10-17-12-14-7-8-14/h2-6,13-14,16H,7-12H2,1H3. The van der Waals surface area contributed by atoms with E-state index in [2.05, 4.69) is 42.6 Å². The Bertz CT molecular complexity index is 308. The zero-order chi connectivity index (χ0) is 11.9. The summed E-state index contributed by atoms with van der Waals surface area (Å²) in [6.45, 7) is 6.06. The van der Waals surface area contributed by atoms with Crippen molar-refractivity contribution in [2.24, 2.45) is 5.92 Å². The molecule has 0 amide bonds. The van der Waals surface area contributed by atoms with Crippen LogP contribution in [0.4, 0.5) is 0 Å². The lowest BCUT2D eigenvalue weighted by atomic mass is 10.0. The zero-order valence-corrected chi connectivity index (χ0v) is 10.7. The van der Waals surface area contributed by atoms with E-state index < -0.39 is 0 Å². The third kappa shape index (κ3) is 4.88. The average molecular weight is 233 g/mol. The largest absolute Gasteiger partial charge is 0.380 e. The van der Waals surface area contributed by atoms with Crippen LogP contribution in [-0.2, 0) is 4.74 Å². The Hall–Kier alpha value is -0.860. The van der Waals surface area contributed by atoms with Crippen molar-refractivity contribution >= 4 is 0 Å². The van der Waals surface area contributed by atoms with Gasteiger partial charge in [-0.3, -0.25) is 0 Å². The third-order valence-corrected chi connectivity index (χ3v) is 3.29. The molecule has 2 nitrogen and oxygen atoms in total. The second-order valence-electron chi connectivity index (χ2n) is 5.03. The van der Waals surface area contributed by atoms with Gasteiger partial charge >= 0.3 is 0 Å². The molecule has 0 saturated heterocycles. The number of hydrogen-bond acceptors (Lipinski definition) is 2. The number of hydrogen-bond donors (Lipinski definition) is 1. The number of nitrogens with one attached hydrogen (secondary N) is 1. The highest BCUT2D eigenvalue weighted by Crippen LogP contribution is 2.28. The molecule has 0 aromatic heterocycles. The van der Waals surface area contributed by atoms with Gasteiger partial charge in [0.1, 0.15) is 0 Å². The fourth-order valence-corrected chi connectivity index (χ4v) is 1.90. The van der Waals surface area contributed by atoms with E-state index in [-0.39, 0.29) is 0 Å². The molecule has 0 aliphatic heterocycles. The Morgan fingerprint density at radius 3 is 2.76 bits per heavy atom. The highest BCUT2D eigenvalue weighted by Gasteiger charge is 2.20. The molecule has 0 radical (unpaired) electrons. The van der Waals surface area contributed by atoms with Gasteiger partial charge in [0.15, 0.2) is 0 Å². The van der Waals surface area contributed by atoms with Crippen LogP contribution in [-0.4, -0.2) is 26.3 Å². The minimum atomic E-state index is 0.569. The SMILES string of the molecule is CC(CNCCOCC1CC1)c1ccccc1. The minimum Gasteiger partial charge on any atom is -0.380 e. The zero-order valence-electron chi connectivity index (χ0n) is 10.7. The van der Waals surface area contributed by atoms with Crippen molar-refractivity contribution in [3.8, 4) is 0 Å². The fraction of sp³-hybridized carbons (Fsp3) is 0.600. The molecule has 1 saturated carbocycles. The van der Waals surface area contributed by atoms with Gasteiger partial charge in [-0.15, -0.1) is 0 Å². The molecule has 1 aliphatic rings. The van der Waals surface area contributed by atoms with Crippen molar-refractivity contribution in [2.45, 2.75) is 25.7 Å². The quantitative estimate of drug-likeness (QED) is 0.697. The van der Waals surface area contributed by atoms with Crippen molar-refractivity contribution in [3.63, 3.8) is 0 Å². The molecule has 1 aromatic carbocycles. The lowest BCUT2D eigenvalue weighted by molar-refractivity contribution is 0.126. The lowest BCUT2D eigenvalue weighted by Crippen LogP contribution is -2.24. The van der Waals surface area contributed by atoms with Gasteiger partial charge < -0.3 is 10.1 Å². The van der Waals surface area contributed by atoms with E-state index in [4.69, 9.17) is 4.74 Å². The first-order valence-corrected chi connectivity index (χ1v) is 6.69. The van der Waals surface area contributed by atoms with Crippen molar-refractivity contribution in [3.05, 3.63) is 35.9 Å². The minimum absolute atomic E-state index is 0.569. The first-order valence-electron chi connectivity index (χ1n) is 6.69. The molecule has 1 aromatic rings. The van der Waals surface area contributed by atoms with Gasteiger partial charge in [-0.1, -0.05) is 37.3 Å². The number of ether oxygens (including phenoxy) is 1. The van der Waals surface area contributed by atoms with Crippen LogP contribution in [0.5, 0.6) is 0 Å². The smallest absolute Gasteiger partial charge is 0.0591 e. The molecule has 0 bridgehead atoms. The summed E-state index contributed by atoms with van der Waals surface area (Å²) in [5.74, 6) is 1.44. The van der Waals surface area contributed by atoms with Crippen LogP contribution >= 0.6 is 0 Å². The van der Waals surface area contributed by atoms with Crippen LogP contribution in [0, 0.1) is 5.92 Å². The molecule has 1 fully saturated rings. The molecule has 0 heterocycles. The first kappa shape index (κ1) is 12.6. The summed E-state index contributed by atoms with van der Waals surface area (Å²) >= 11 is 0. The van der Waals surface area contributed by atoms with Crippen molar-refractivity contribution in [2.75, 3.05) is 26.3 Å². The molecule has 1 atom stereocenters. The van der Waals surface area contributed by atoms with Gasteiger partial charge in [0.05, 0.1) is 6.61 Å². The van der Waals surface area contributed by atoms with E-state index in [9.17, 15) is 0 Å². The summed E-state index contributed by atoms with van der Waals surface area (Å²) < 4.78 is 5.58. The number of benzene rings is 1. The van der Waals surface area contributed by atoms with Crippen molar-refractivity contribution < 1.29 is 4.74 Å². The summed E-state index contributed by atoms with van der Waals surface area (Å²) in [5, 5.41) is 3.45. The summed E-state index contributed by atoms with van der Waals surface area (Å²) in [4.78, 5) is 0. The Kier molecular flexibility index (Phi) is 5.02. The average Bonchev–Trinajstić information content (AvgIpc) is 3.18. The summed E-state index contributed by atoms with van der Waals surface area (Å²) in [5.41, 5.74) is 1.40. The molecule has 1 aliphatic carbocycles. The lowest BCUT2D eigenvalue weighted by Gasteiger charge is -2.13. The van der Waals surface area contributed by atoms with Crippen LogP contribution in [0.3, 0.4) is 0 Å². The van der Waals surface area contributed by atoms with E-state index >= 15 is 0 Å². The van der Waals surface area contributed by atoms with Gasteiger partial charge in [-0.25, -0.2) is 0 Å². The topological polar surface area (TPSA) is 21.3 Å². The van der Waals surface area contributed by atoms with Gasteiger partial charge in [0.2, 0.25) is 0 Å². The van der Waals surface area contributed by atoms with Crippen LogP contribution in [0.1, 0.15) is 31.2 Å². The molecular formula is C15H23NO. The maximum atomic E-state index is 5.58. The molecule has 17 heavy (non-hydrogen) atoms. The maximum absolute atomic E-state index is 5.58. The number of rotatable bonds is 8. The van der Waals surface area contributed by atoms with Crippen molar-refractivity contribution in [1.29, 1.82) is 0 Å². The van der Waals surface area contributed by atoms with Crippen LogP contribution in [0.25, 0.3) is 0 Å². The van der Waals surface area contributed by atoms with E-state index in [1.807, 2.05) is 0 Å². The van der Waals surface area contributed by atoms with E-state index in [0.29, 0.717) is 5.92 Å². The molecule has 1 N–H and O–H groups in total. The van der Waals surface area contributed by atoms with E-state index in [0.717, 1.165) is 32.2 Å². The van der Waals surface area contributed by atoms with Gasteiger partial charge in [0.25, 0.3) is 0 Å². The van der Waals surface area contributed by atoms with E-state index in [1.54, 1.807) is 0 Å². The summed E-state index contributed by atoms with van der Waals surface area (Å²) in [7, 11) is 0. The summed E-state index contributed by atoms with van der Waals surface area (Å²) in [6, 6.07) is 10.6.